The molecule has 1 aliphatic rings. The number of ether oxygens (including phenoxy) is 1. The van der Waals surface area contributed by atoms with E-state index in [4.69, 9.17) is 4.74 Å². The standard InChI is InChI=1S/C19H15BrO2/c1-2-9-22-18-8-7-16(20)12-14(18)11-15-10-13-5-3-4-6-17(13)19(15)21/h2-8,11-12H,1,9-10H2/b15-11+. The van der Waals surface area contributed by atoms with Crippen molar-refractivity contribution in [3.05, 3.63) is 81.9 Å². The second-order valence-electron chi connectivity index (χ2n) is 5.11. The molecule has 0 saturated carbocycles. The molecule has 0 amide bonds. The van der Waals surface area contributed by atoms with Crippen LogP contribution in [0.2, 0.25) is 0 Å². The summed E-state index contributed by atoms with van der Waals surface area (Å²) in [4.78, 5) is 12.5. The van der Waals surface area contributed by atoms with E-state index in [0.717, 1.165) is 32.5 Å². The Kier molecular flexibility index (Phi) is 4.25. The van der Waals surface area contributed by atoms with E-state index < -0.39 is 0 Å². The number of ketones is 1. The lowest BCUT2D eigenvalue weighted by molar-refractivity contribution is 0.104. The number of Topliss-reactive ketones (excluding diaryl/α,β-unsaturated/α-hetero) is 1. The van der Waals surface area contributed by atoms with E-state index in [2.05, 4.69) is 22.5 Å². The third-order valence-electron chi connectivity index (χ3n) is 3.59. The van der Waals surface area contributed by atoms with Gasteiger partial charge in [-0.2, -0.15) is 0 Å². The molecule has 22 heavy (non-hydrogen) atoms. The highest BCUT2D eigenvalue weighted by Gasteiger charge is 2.24. The topological polar surface area (TPSA) is 26.3 Å². The minimum Gasteiger partial charge on any atom is -0.489 e. The Hall–Kier alpha value is -2.13. The fraction of sp³-hybridized carbons (Fsp3) is 0.105. The van der Waals surface area contributed by atoms with Crippen molar-refractivity contribution >= 4 is 27.8 Å². The number of hydrogen-bond acceptors (Lipinski definition) is 2. The average molecular weight is 355 g/mol. The molecule has 0 N–H and O–H groups in total. The van der Waals surface area contributed by atoms with Gasteiger partial charge in [-0.25, -0.2) is 0 Å². The summed E-state index contributed by atoms with van der Waals surface area (Å²) in [6.45, 7) is 4.10. The van der Waals surface area contributed by atoms with Gasteiger partial charge in [0.15, 0.2) is 5.78 Å². The molecule has 0 aliphatic heterocycles. The first-order valence-corrected chi connectivity index (χ1v) is 7.85. The van der Waals surface area contributed by atoms with Gasteiger partial charge in [-0.3, -0.25) is 4.79 Å². The first-order chi connectivity index (χ1) is 10.7. The van der Waals surface area contributed by atoms with Gasteiger partial charge in [-0.05, 0) is 29.8 Å². The van der Waals surface area contributed by atoms with Crippen LogP contribution >= 0.6 is 15.9 Å². The maximum absolute atomic E-state index is 12.5. The molecule has 0 bridgehead atoms. The van der Waals surface area contributed by atoms with Crippen LogP contribution in [0.1, 0.15) is 21.5 Å². The average Bonchev–Trinajstić information content (AvgIpc) is 2.83. The zero-order valence-corrected chi connectivity index (χ0v) is 13.6. The molecule has 2 aromatic rings. The van der Waals surface area contributed by atoms with Crippen molar-refractivity contribution in [2.75, 3.05) is 6.61 Å². The summed E-state index contributed by atoms with van der Waals surface area (Å²) >= 11 is 3.47. The highest BCUT2D eigenvalue weighted by molar-refractivity contribution is 9.10. The highest BCUT2D eigenvalue weighted by Crippen LogP contribution is 2.31. The Balaban J connectivity index is 1.98. The van der Waals surface area contributed by atoms with Gasteiger partial charge in [0.05, 0.1) is 0 Å². The Labute approximate surface area is 138 Å². The molecule has 2 nitrogen and oxygen atoms in total. The van der Waals surface area contributed by atoms with Crippen LogP contribution in [0.3, 0.4) is 0 Å². The zero-order valence-electron chi connectivity index (χ0n) is 12.0. The van der Waals surface area contributed by atoms with E-state index >= 15 is 0 Å². The monoisotopic (exact) mass is 354 g/mol. The van der Waals surface area contributed by atoms with Crippen LogP contribution in [0.5, 0.6) is 5.75 Å². The molecule has 2 aromatic carbocycles. The number of carbonyl (C=O) groups excluding carboxylic acids is 1. The van der Waals surface area contributed by atoms with Gasteiger partial charge in [0, 0.05) is 27.6 Å². The minimum atomic E-state index is 0.102. The van der Waals surface area contributed by atoms with Gasteiger partial charge < -0.3 is 4.74 Å². The molecule has 0 radical (unpaired) electrons. The molecule has 3 heteroatoms. The summed E-state index contributed by atoms with van der Waals surface area (Å²) in [5, 5.41) is 0. The number of benzene rings is 2. The zero-order chi connectivity index (χ0) is 15.5. The fourth-order valence-corrected chi connectivity index (χ4v) is 2.95. The summed E-state index contributed by atoms with van der Waals surface area (Å²) in [7, 11) is 0. The first-order valence-electron chi connectivity index (χ1n) is 7.05. The van der Waals surface area contributed by atoms with Crippen molar-refractivity contribution in [3.8, 4) is 5.75 Å². The van der Waals surface area contributed by atoms with Crippen molar-refractivity contribution in [3.63, 3.8) is 0 Å². The van der Waals surface area contributed by atoms with E-state index in [0.29, 0.717) is 13.0 Å². The van der Waals surface area contributed by atoms with E-state index in [-0.39, 0.29) is 5.78 Å². The molecule has 1 aliphatic carbocycles. The fourth-order valence-electron chi connectivity index (χ4n) is 2.57. The predicted molar refractivity (Wildman–Crippen MR) is 92.3 cm³/mol. The van der Waals surface area contributed by atoms with Crippen molar-refractivity contribution in [1.29, 1.82) is 0 Å². The van der Waals surface area contributed by atoms with Crippen LogP contribution in [0, 0.1) is 0 Å². The van der Waals surface area contributed by atoms with Crippen molar-refractivity contribution in [2.24, 2.45) is 0 Å². The summed E-state index contributed by atoms with van der Waals surface area (Å²) < 4.78 is 6.62. The normalized spacial score (nSPS) is 15.0. The maximum Gasteiger partial charge on any atom is 0.189 e. The maximum atomic E-state index is 12.5. The smallest absolute Gasteiger partial charge is 0.189 e. The Morgan fingerprint density at radius 1 is 1.23 bits per heavy atom. The Morgan fingerprint density at radius 2 is 2.05 bits per heavy atom. The molecule has 0 saturated heterocycles. The van der Waals surface area contributed by atoms with Crippen LogP contribution in [-0.4, -0.2) is 12.4 Å². The third kappa shape index (κ3) is 2.90. The van der Waals surface area contributed by atoms with Gasteiger partial charge in [0.25, 0.3) is 0 Å². The van der Waals surface area contributed by atoms with Gasteiger partial charge in [-0.1, -0.05) is 52.9 Å². The SMILES string of the molecule is C=CCOc1ccc(Br)cc1/C=C1\Cc2ccccc2C1=O. The molecule has 0 atom stereocenters. The number of rotatable bonds is 4. The quantitative estimate of drug-likeness (QED) is 0.580. The molecule has 0 unspecified atom stereocenters. The second-order valence-corrected chi connectivity index (χ2v) is 6.03. The molecule has 0 heterocycles. The van der Waals surface area contributed by atoms with E-state index in [1.165, 1.54) is 0 Å². The molecule has 3 rings (SSSR count). The van der Waals surface area contributed by atoms with Crippen LogP contribution in [0.4, 0.5) is 0 Å². The predicted octanol–water partition coefficient (Wildman–Crippen LogP) is 4.84. The lowest BCUT2D eigenvalue weighted by atomic mass is 10.1. The second kappa shape index (κ2) is 6.32. The minimum absolute atomic E-state index is 0.102. The molecule has 0 spiro atoms. The molecular formula is C19H15BrO2. The highest BCUT2D eigenvalue weighted by atomic mass is 79.9. The number of fused-ring (bicyclic) bond motifs is 1. The van der Waals surface area contributed by atoms with Crippen LogP contribution < -0.4 is 4.74 Å². The van der Waals surface area contributed by atoms with E-state index in [9.17, 15) is 4.79 Å². The van der Waals surface area contributed by atoms with E-state index in [1.54, 1.807) is 6.08 Å². The van der Waals surface area contributed by atoms with Gasteiger partial charge in [0.1, 0.15) is 12.4 Å². The third-order valence-corrected chi connectivity index (χ3v) is 4.09. The summed E-state index contributed by atoms with van der Waals surface area (Å²) in [6.07, 6.45) is 4.30. The molecule has 0 fully saturated rings. The van der Waals surface area contributed by atoms with Gasteiger partial charge in [-0.15, -0.1) is 0 Å². The van der Waals surface area contributed by atoms with Crippen molar-refractivity contribution in [1.82, 2.24) is 0 Å². The van der Waals surface area contributed by atoms with Crippen LogP contribution in [-0.2, 0) is 6.42 Å². The number of hydrogen-bond donors (Lipinski definition) is 0. The number of allylic oxidation sites excluding steroid dienone is 1. The Morgan fingerprint density at radius 3 is 2.82 bits per heavy atom. The van der Waals surface area contributed by atoms with Crippen LogP contribution in [0.15, 0.2) is 65.2 Å². The van der Waals surface area contributed by atoms with Gasteiger partial charge in [0.2, 0.25) is 0 Å². The van der Waals surface area contributed by atoms with Gasteiger partial charge >= 0.3 is 0 Å². The van der Waals surface area contributed by atoms with Crippen molar-refractivity contribution in [2.45, 2.75) is 6.42 Å². The number of halogens is 1. The lowest BCUT2D eigenvalue weighted by Gasteiger charge is -2.08. The largest absolute Gasteiger partial charge is 0.489 e. The molecular weight excluding hydrogens is 340 g/mol. The van der Waals surface area contributed by atoms with Crippen LogP contribution in [0.25, 0.3) is 6.08 Å². The summed E-state index contributed by atoms with van der Waals surface area (Å²) in [5.41, 5.74) is 3.58. The number of carbonyl (C=O) groups is 1. The van der Waals surface area contributed by atoms with Crippen molar-refractivity contribution < 1.29 is 9.53 Å². The summed E-state index contributed by atoms with van der Waals surface area (Å²) in [5.74, 6) is 0.851. The molecule has 0 aromatic heterocycles. The Bertz CT molecular complexity index is 775. The molecule has 110 valence electrons. The lowest BCUT2D eigenvalue weighted by Crippen LogP contribution is -1.98. The summed E-state index contributed by atoms with van der Waals surface area (Å²) in [6, 6.07) is 13.5. The van der Waals surface area contributed by atoms with E-state index in [1.807, 2.05) is 48.5 Å². The first kappa shape index (κ1) is 14.8.